The van der Waals surface area contributed by atoms with E-state index in [0.29, 0.717) is 16.7 Å². The van der Waals surface area contributed by atoms with Crippen LogP contribution in [0.3, 0.4) is 0 Å². The molecule has 1 saturated carbocycles. The summed E-state index contributed by atoms with van der Waals surface area (Å²) in [4.78, 5) is 0. The van der Waals surface area contributed by atoms with Gasteiger partial charge in [-0.05, 0) is 35.7 Å². The summed E-state index contributed by atoms with van der Waals surface area (Å²) in [6, 6.07) is 8.99. The molecule has 1 atom stereocenters. The van der Waals surface area contributed by atoms with Crippen molar-refractivity contribution in [3.05, 3.63) is 35.4 Å². The number of rotatable bonds is 3. The van der Waals surface area contributed by atoms with Gasteiger partial charge in [0.25, 0.3) is 0 Å². The maximum atomic E-state index is 6.41. The van der Waals surface area contributed by atoms with Crippen LogP contribution in [0.5, 0.6) is 0 Å². The number of benzene rings is 1. The Morgan fingerprint density at radius 2 is 1.76 bits per heavy atom. The highest BCUT2D eigenvalue weighted by Crippen LogP contribution is 2.69. The first kappa shape index (κ1) is 12.6. The zero-order valence-electron chi connectivity index (χ0n) is 11.7. The van der Waals surface area contributed by atoms with Crippen LogP contribution in [0.2, 0.25) is 0 Å². The molecule has 1 aliphatic carbocycles. The van der Waals surface area contributed by atoms with Crippen LogP contribution in [0.1, 0.15) is 38.8 Å². The predicted octanol–water partition coefficient (Wildman–Crippen LogP) is 3.55. The molecule has 94 valence electrons. The highest BCUT2D eigenvalue weighted by atomic mass is 14.8. The number of hydrogen-bond donors (Lipinski definition) is 1. The van der Waals surface area contributed by atoms with Crippen LogP contribution >= 0.6 is 0 Å². The Kier molecular flexibility index (Phi) is 2.86. The van der Waals surface area contributed by atoms with Gasteiger partial charge in [-0.3, -0.25) is 0 Å². The molecule has 1 unspecified atom stereocenters. The van der Waals surface area contributed by atoms with Crippen LogP contribution in [-0.2, 0) is 6.42 Å². The molecule has 17 heavy (non-hydrogen) atoms. The van der Waals surface area contributed by atoms with Crippen molar-refractivity contribution < 1.29 is 0 Å². The highest BCUT2D eigenvalue weighted by Gasteiger charge is 2.66. The lowest BCUT2D eigenvalue weighted by Crippen LogP contribution is -2.28. The van der Waals surface area contributed by atoms with Gasteiger partial charge in [-0.15, -0.1) is 0 Å². The molecule has 0 radical (unpaired) electrons. The lowest BCUT2D eigenvalue weighted by atomic mass is 9.97. The monoisotopic (exact) mass is 231 g/mol. The molecule has 1 fully saturated rings. The van der Waals surface area contributed by atoms with E-state index in [2.05, 4.69) is 58.9 Å². The lowest BCUT2D eigenvalue weighted by molar-refractivity contribution is 0.457. The van der Waals surface area contributed by atoms with E-state index in [-0.39, 0.29) is 6.04 Å². The first-order valence-corrected chi connectivity index (χ1v) is 6.58. The Labute approximate surface area is 105 Å². The van der Waals surface area contributed by atoms with Crippen LogP contribution in [0, 0.1) is 23.7 Å². The fraction of sp³-hybridized carbons (Fsp3) is 0.625. The van der Waals surface area contributed by atoms with Gasteiger partial charge >= 0.3 is 0 Å². The van der Waals surface area contributed by atoms with Crippen molar-refractivity contribution in [3.63, 3.8) is 0 Å². The maximum Gasteiger partial charge on any atom is 0.0118 e. The topological polar surface area (TPSA) is 26.0 Å². The SMILES string of the molecule is Cc1cccc(CC(N)C2C(C)(C)C2(C)C)c1. The van der Waals surface area contributed by atoms with Crippen molar-refractivity contribution in [2.45, 2.75) is 47.1 Å². The van der Waals surface area contributed by atoms with E-state index in [1.165, 1.54) is 11.1 Å². The molecule has 1 aliphatic rings. The molecule has 1 aromatic carbocycles. The molecule has 1 aromatic rings. The van der Waals surface area contributed by atoms with E-state index in [0.717, 1.165) is 6.42 Å². The fourth-order valence-corrected chi connectivity index (χ4v) is 3.55. The lowest BCUT2D eigenvalue weighted by Gasteiger charge is -2.14. The Balaban J connectivity index is 2.07. The van der Waals surface area contributed by atoms with E-state index in [4.69, 9.17) is 5.73 Å². The van der Waals surface area contributed by atoms with Gasteiger partial charge < -0.3 is 5.73 Å². The van der Waals surface area contributed by atoms with Gasteiger partial charge in [0.05, 0.1) is 0 Å². The summed E-state index contributed by atoms with van der Waals surface area (Å²) in [7, 11) is 0. The minimum Gasteiger partial charge on any atom is -0.327 e. The predicted molar refractivity (Wildman–Crippen MR) is 73.9 cm³/mol. The average Bonchev–Trinajstić information content (AvgIpc) is 2.56. The molecule has 0 spiro atoms. The number of nitrogens with two attached hydrogens (primary N) is 1. The normalized spacial score (nSPS) is 23.4. The second-order valence-corrected chi connectivity index (χ2v) is 6.78. The largest absolute Gasteiger partial charge is 0.327 e. The van der Waals surface area contributed by atoms with Crippen molar-refractivity contribution in [2.24, 2.45) is 22.5 Å². The third-order valence-corrected chi connectivity index (χ3v) is 5.11. The zero-order valence-corrected chi connectivity index (χ0v) is 11.7. The molecule has 0 saturated heterocycles. The summed E-state index contributed by atoms with van der Waals surface area (Å²) in [5.41, 5.74) is 9.88. The summed E-state index contributed by atoms with van der Waals surface area (Å²) in [5.74, 6) is 0.635. The van der Waals surface area contributed by atoms with Gasteiger partial charge in [0.1, 0.15) is 0 Å². The van der Waals surface area contributed by atoms with Crippen molar-refractivity contribution in [3.8, 4) is 0 Å². The van der Waals surface area contributed by atoms with Gasteiger partial charge in [0.15, 0.2) is 0 Å². The first-order chi connectivity index (χ1) is 7.76. The summed E-state index contributed by atoms with van der Waals surface area (Å²) in [6.07, 6.45) is 0.999. The Morgan fingerprint density at radius 3 is 2.24 bits per heavy atom. The van der Waals surface area contributed by atoms with E-state index in [9.17, 15) is 0 Å². The van der Waals surface area contributed by atoms with Crippen LogP contribution < -0.4 is 5.73 Å². The van der Waals surface area contributed by atoms with Crippen molar-refractivity contribution in [2.75, 3.05) is 0 Å². The minimum absolute atomic E-state index is 0.279. The average molecular weight is 231 g/mol. The molecule has 2 N–H and O–H groups in total. The Morgan fingerprint density at radius 1 is 1.18 bits per heavy atom. The van der Waals surface area contributed by atoms with Crippen molar-refractivity contribution in [1.29, 1.82) is 0 Å². The summed E-state index contributed by atoms with van der Waals surface area (Å²) in [6.45, 7) is 11.5. The highest BCUT2D eigenvalue weighted by molar-refractivity contribution is 5.25. The molecular weight excluding hydrogens is 206 g/mol. The van der Waals surface area contributed by atoms with E-state index in [1.807, 2.05) is 0 Å². The van der Waals surface area contributed by atoms with Crippen LogP contribution in [0.4, 0.5) is 0 Å². The van der Waals surface area contributed by atoms with E-state index < -0.39 is 0 Å². The van der Waals surface area contributed by atoms with E-state index >= 15 is 0 Å². The molecule has 0 aromatic heterocycles. The number of hydrogen-bond acceptors (Lipinski definition) is 1. The van der Waals surface area contributed by atoms with Crippen LogP contribution in [-0.4, -0.2) is 6.04 Å². The van der Waals surface area contributed by atoms with Gasteiger partial charge in [-0.25, -0.2) is 0 Å². The third-order valence-electron chi connectivity index (χ3n) is 5.11. The van der Waals surface area contributed by atoms with Crippen molar-refractivity contribution in [1.82, 2.24) is 0 Å². The summed E-state index contributed by atoms with van der Waals surface area (Å²) in [5, 5.41) is 0. The quantitative estimate of drug-likeness (QED) is 0.846. The zero-order chi connectivity index (χ0) is 12.8. The molecular formula is C16H25N. The second kappa shape index (κ2) is 3.84. The molecule has 1 heteroatoms. The number of aryl methyl sites for hydroxylation is 1. The Bertz CT molecular complexity index is 403. The molecule has 1 nitrogen and oxygen atoms in total. The van der Waals surface area contributed by atoms with Crippen molar-refractivity contribution >= 4 is 0 Å². The maximum absolute atomic E-state index is 6.41. The van der Waals surface area contributed by atoms with Gasteiger partial charge in [0.2, 0.25) is 0 Å². The fourth-order valence-electron chi connectivity index (χ4n) is 3.55. The molecule has 0 amide bonds. The molecule has 0 aliphatic heterocycles. The van der Waals surface area contributed by atoms with E-state index in [1.54, 1.807) is 0 Å². The molecule has 0 heterocycles. The second-order valence-electron chi connectivity index (χ2n) is 6.78. The molecule has 2 rings (SSSR count). The summed E-state index contributed by atoms with van der Waals surface area (Å²) < 4.78 is 0. The standard InChI is InChI=1S/C16H25N/c1-11-7-6-8-12(9-11)10-13(17)14-15(2,3)16(14,4)5/h6-9,13-14H,10,17H2,1-5H3. The smallest absolute Gasteiger partial charge is 0.0118 e. The third kappa shape index (κ3) is 2.01. The Hall–Kier alpha value is -0.820. The van der Waals surface area contributed by atoms with Gasteiger partial charge in [-0.2, -0.15) is 0 Å². The van der Waals surface area contributed by atoms with Crippen LogP contribution in [0.15, 0.2) is 24.3 Å². The first-order valence-electron chi connectivity index (χ1n) is 6.58. The van der Waals surface area contributed by atoms with Gasteiger partial charge in [0, 0.05) is 6.04 Å². The summed E-state index contributed by atoms with van der Waals surface area (Å²) >= 11 is 0. The van der Waals surface area contributed by atoms with Gasteiger partial charge in [-0.1, -0.05) is 57.5 Å². The van der Waals surface area contributed by atoms with Crippen LogP contribution in [0.25, 0.3) is 0 Å². The molecule has 0 bridgehead atoms. The minimum atomic E-state index is 0.279.